The van der Waals surface area contributed by atoms with Crippen LogP contribution < -0.4 is 0 Å². The van der Waals surface area contributed by atoms with E-state index >= 15 is 0 Å². The van der Waals surface area contributed by atoms with Gasteiger partial charge in [0.15, 0.2) is 0 Å². The number of aromatic hydroxyl groups is 1. The molecular formula is C15H20N2O3. The zero-order valence-electron chi connectivity index (χ0n) is 11.5. The predicted octanol–water partition coefficient (Wildman–Crippen LogP) is 1.55. The number of pyridine rings is 1. The molecule has 2 N–H and O–H groups in total. The number of hydrogen-bond acceptors (Lipinski definition) is 4. The van der Waals surface area contributed by atoms with Crippen molar-refractivity contribution < 1.29 is 15.0 Å². The summed E-state index contributed by atoms with van der Waals surface area (Å²) in [5.74, 6) is -0.0857. The molecule has 0 spiro atoms. The average molecular weight is 276 g/mol. The number of hydrogen-bond donors (Lipinski definition) is 2. The maximum atomic E-state index is 12.5. The molecule has 2 atom stereocenters. The van der Waals surface area contributed by atoms with Gasteiger partial charge >= 0.3 is 0 Å². The van der Waals surface area contributed by atoms with E-state index in [9.17, 15) is 15.0 Å². The molecule has 5 heteroatoms. The second-order valence-corrected chi connectivity index (χ2v) is 5.94. The van der Waals surface area contributed by atoms with E-state index in [-0.39, 0.29) is 17.6 Å². The van der Waals surface area contributed by atoms with Crippen LogP contribution in [0.4, 0.5) is 0 Å². The number of rotatable bonds is 1. The van der Waals surface area contributed by atoms with Crippen LogP contribution in [-0.4, -0.2) is 44.7 Å². The van der Waals surface area contributed by atoms with Gasteiger partial charge < -0.3 is 15.1 Å². The molecule has 2 unspecified atom stereocenters. The van der Waals surface area contributed by atoms with Gasteiger partial charge in [-0.1, -0.05) is 12.8 Å². The molecule has 3 rings (SSSR count). The molecule has 2 fully saturated rings. The second-order valence-electron chi connectivity index (χ2n) is 5.94. The molecule has 1 aliphatic heterocycles. The van der Waals surface area contributed by atoms with Crippen LogP contribution >= 0.6 is 0 Å². The quantitative estimate of drug-likeness (QED) is 0.816. The van der Waals surface area contributed by atoms with Gasteiger partial charge in [0.2, 0.25) is 0 Å². The van der Waals surface area contributed by atoms with E-state index in [0.717, 1.165) is 25.7 Å². The first kappa shape index (κ1) is 13.4. The summed E-state index contributed by atoms with van der Waals surface area (Å²) in [6.45, 7) is 1.13. The van der Waals surface area contributed by atoms with Crippen LogP contribution in [0.2, 0.25) is 0 Å². The molecule has 0 aromatic carbocycles. The van der Waals surface area contributed by atoms with Gasteiger partial charge in [0, 0.05) is 25.2 Å². The number of likely N-dealkylation sites (tertiary alicyclic amines) is 1. The topological polar surface area (TPSA) is 73.7 Å². The molecule has 0 bridgehead atoms. The van der Waals surface area contributed by atoms with E-state index in [2.05, 4.69) is 4.98 Å². The van der Waals surface area contributed by atoms with Crippen LogP contribution in [0, 0.1) is 5.92 Å². The molecule has 108 valence electrons. The Morgan fingerprint density at radius 3 is 3.05 bits per heavy atom. The monoisotopic (exact) mass is 276 g/mol. The van der Waals surface area contributed by atoms with Crippen LogP contribution in [0.25, 0.3) is 0 Å². The van der Waals surface area contributed by atoms with E-state index < -0.39 is 5.60 Å². The summed E-state index contributed by atoms with van der Waals surface area (Å²) < 4.78 is 0. The lowest BCUT2D eigenvalue weighted by molar-refractivity contribution is -0.0886. The van der Waals surface area contributed by atoms with Crippen molar-refractivity contribution in [2.24, 2.45) is 5.92 Å². The molecule has 2 heterocycles. The minimum Gasteiger partial charge on any atom is -0.505 e. The highest BCUT2D eigenvalue weighted by Gasteiger charge is 2.43. The summed E-state index contributed by atoms with van der Waals surface area (Å²) in [4.78, 5) is 18.0. The van der Waals surface area contributed by atoms with Crippen LogP contribution in [0.3, 0.4) is 0 Å². The van der Waals surface area contributed by atoms with Crippen LogP contribution in [0.15, 0.2) is 18.5 Å². The molecule has 0 radical (unpaired) electrons. The van der Waals surface area contributed by atoms with Crippen LogP contribution in [0.5, 0.6) is 5.75 Å². The number of aliphatic hydroxyl groups is 1. The second kappa shape index (κ2) is 5.05. The van der Waals surface area contributed by atoms with Gasteiger partial charge in [0.25, 0.3) is 5.91 Å². The fraction of sp³-hybridized carbons (Fsp3) is 0.600. The van der Waals surface area contributed by atoms with Crippen molar-refractivity contribution in [2.45, 2.75) is 37.7 Å². The molecule has 1 aromatic rings. The molecule has 1 saturated heterocycles. The minimum atomic E-state index is -0.588. The van der Waals surface area contributed by atoms with E-state index in [0.29, 0.717) is 25.1 Å². The largest absolute Gasteiger partial charge is 0.505 e. The summed E-state index contributed by atoms with van der Waals surface area (Å²) in [7, 11) is 0. The highest BCUT2D eigenvalue weighted by atomic mass is 16.3. The number of nitrogens with zero attached hydrogens (tertiary/aromatic N) is 2. The Morgan fingerprint density at radius 2 is 2.25 bits per heavy atom. The van der Waals surface area contributed by atoms with E-state index in [4.69, 9.17) is 0 Å². The maximum Gasteiger partial charge on any atom is 0.257 e. The van der Waals surface area contributed by atoms with E-state index in [1.807, 2.05) is 0 Å². The Hall–Kier alpha value is -1.62. The lowest BCUT2D eigenvalue weighted by Gasteiger charge is -2.47. The Kier molecular flexibility index (Phi) is 3.38. The summed E-state index contributed by atoms with van der Waals surface area (Å²) in [5, 5.41) is 20.4. The van der Waals surface area contributed by atoms with Crippen LogP contribution in [0.1, 0.15) is 42.5 Å². The van der Waals surface area contributed by atoms with Gasteiger partial charge in [0.05, 0.1) is 17.4 Å². The zero-order chi connectivity index (χ0) is 14.2. The van der Waals surface area contributed by atoms with Crippen molar-refractivity contribution in [1.29, 1.82) is 0 Å². The number of carbonyl (C=O) groups excluding carboxylic acids is 1. The van der Waals surface area contributed by atoms with Crippen molar-refractivity contribution in [3.8, 4) is 5.75 Å². The van der Waals surface area contributed by atoms with Gasteiger partial charge in [-0.05, 0) is 25.3 Å². The van der Waals surface area contributed by atoms with Crippen molar-refractivity contribution in [3.05, 3.63) is 24.0 Å². The Bertz CT molecular complexity index is 520. The normalized spacial score (nSPS) is 29.9. The lowest BCUT2D eigenvalue weighted by Crippen LogP contribution is -2.54. The Morgan fingerprint density at radius 1 is 1.40 bits per heavy atom. The minimum absolute atomic E-state index is 0.0815. The maximum absolute atomic E-state index is 12.5. The van der Waals surface area contributed by atoms with Crippen molar-refractivity contribution in [3.63, 3.8) is 0 Å². The van der Waals surface area contributed by atoms with Crippen LogP contribution in [-0.2, 0) is 0 Å². The van der Waals surface area contributed by atoms with Crippen molar-refractivity contribution in [2.75, 3.05) is 13.1 Å². The SMILES string of the molecule is O=C(c1ccncc1O)N1CCC2(O)CCCCC2C1. The summed E-state index contributed by atoms with van der Waals surface area (Å²) >= 11 is 0. The fourth-order valence-electron chi connectivity index (χ4n) is 3.49. The van der Waals surface area contributed by atoms with Gasteiger partial charge in [-0.15, -0.1) is 0 Å². The average Bonchev–Trinajstić information content (AvgIpc) is 2.46. The third-order valence-electron chi connectivity index (χ3n) is 4.75. The third-order valence-corrected chi connectivity index (χ3v) is 4.75. The van der Waals surface area contributed by atoms with Gasteiger partial charge in [-0.2, -0.15) is 0 Å². The van der Waals surface area contributed by atoms with Gasteiger partial charge in [-0.3, -0.25) is 9.78 Å². The zero-order valence-corrected chi connectivity index (χ0v) is 11.5. The number of piperidine rings is 1. The smallest absolute Gasteiger partial charge is 0.257 e. The van der Waals surface area contributed by atoms with Gasteiger partial charge in [0.1, 0.15) is 5.75 Å². The lowest BCUT2D eigenvalue weighted by atomic mass is 9.71. The molecule has 2 aliphatic rings. The summed E-state index contributed by atoms with van der Waals surface area (Å²) in [6.07, 6.45) is 7.45. The molecule has 1 amide bonds. The molecule has 5 nitrogen and oxygen atoms in total. The van der Waals surface area contributed by atoms with Gasteiger partial charge in [-0.25, -0.2) is 0 Å². The first-order valence-electron chi connectivity index (χ1n) is 7.25. The Balaban J connectivity index is 1.76. The molecule has 1 aromatic heterocycles. The predicted molar refractivity (Wildman–Crippen MR) is 73.3 cm³/mol. The first-order chi connectivity index (χ1) is 9.60. The molecule has 20 heavy (non-hydrogen) atoms. The third kappa shape index (κ3) is 2.26. The van der Waals surface area contributed by atoms with Crippen molar-refractivity contribution in [1.82, 2.24) is 9.88 Å². The molecule has 1 aliphatic carbocycles. The number of fused-ring (bicyclic) bond motifs is 1. The summed E-state index contributed by atoms with van der Waals surface area (Å²) in [6, 6.07) is 1.54. The highest BCUT2D eigenvalue weighted by Crippen LogP contribution is 2.40. The van der Waals surface area contributed by atoms with E-state index in [1.54, 1.807) is 11.0 Å². The number of carbonyl (C=O) groups is 1. The molecule has 1 saturated carbocycles. The first-order valence-corrected chi connectivity index (χ1v) is 7.25. The molecular weight excluding hydrogens is 256 g/mol. The number of amides is 1. The number of aromatic nitrogens is 1. The highest BCUT2D eigenvalue weighted by molar-refractivity contribution is 5.96. The Labute approximate surface area is 118 Å². The standard InChI is InChI=1S/C15H20N2O3/c18-13-9-16-7-4-12(13)14(19)17-8-6-15(20)5-2-1-3-11(15)10-17/h4,7,9,11,18,20H,1-3,5-6,8,10H2. The van der Waals surface area contributed by atoms with E-state index in [1.165, 1.54) is 12.4 Å². The van der Waals surface area contributed by atoms with Crippen molar-refractivity contribution >= 4 is 5.91 Å². The fourth-order valence-corrected chi connectivity index (χ4v) is 3.49. The summed E-state index contributed by atoms with van der Waals surface area (Å²) in [5.41, 5.74) is -0.295.